The number of rotatable bonds is 10. The lowest BCUT2D eigenvalue weighted by Crippen LogP contribution is -2.50. The zero-order valence-corrected chi connectivity index (χ0v) is 20.5. The first-order valence-corrected chi connectivity index (χ1v) is 11.9. The van der Waals surface area contributed by atoms with E-state index in [-0.39, 0.29) is 12.3 Å². The van der Waals surface area contributed by atoms with Crippen LogP contribution in [0.15, 0.2) is 72.8 Å². The highest BCUT2D eigenvalue weighted by Gasteiger charge is 2.35. The topological polar surface area (TPSA) is 108 Å². The van der Waals surface area contributed by atoms with Crippen molar-refractivity contribution in [2.24, 2.45) is 11.8 Å². The molecule has 7 nitrogen and oxygen atoms in total. The summed E-state index contributed by atoms with van der Waals surface area (Å²) in [5.74, 6) is -2.67. The molecule has 35 heavy (non-hydrogen) atoms. The van der Waals surface area contributed by atoms with E-state index in [1.54, 1.807) is 0 Å². The van der Waals surface area contributed by atoms with Crippen molar-refractivity contribution in [2.45, 2.75) is 38.1 Å². The fraction of sp³-hybridized carbons (Fsp3) is 0.296. The molecular weight excluding hydrogens is 466 g/mol. The monoisotopic (exact) mass is 495 g/mol. The van der Waals surface area contributed by atoms with Crippen molar-refractivity contribution in [3.8, 4) is 0 Å². The van der Waals surface area contributed by atoms with Crippen LogP contribution in [0.3, 0.4) is 0 Å². The quantitative estimate of drug-likeness (QED) is 0.191. The second-order valence-electron chi connectivity index (χ2n) is 8.92. The third-order valence-electron chi connectivity index (χ3n) is 5.71. The van der Waals surface area contributed by atoms with E-state index < -0.39 is 35.1 Å². The van der Waals surface area contributed by atoms with Crippen LogP contribution >= 0.6 is 11.6 Å². The van der Waals surface area contributed by atoms with Crippen LogP contribution in [0.2, 0.25) is 0 Å². The predicted octanol–water partition coefficient (Wildman–Crippen LogP) is 4.28. The van der Waals surface area contributed by atoms with Crippen LogP contribution in [0.4, 0.5) is 5.69 Å². The lowest BCUT2D eigenvalue weighted by atomic mass is 9.92. The lowest BCUT2D eigenvalue weighted by molar-refractivity contribution is -0.135. The second kappa shape index (κ2) is 12.3. The van der Waals surface area contributed by atoms with Crippen LogP contribution in [0, 0.1) is 11.8 Å². The molecule has 0 aromatic heterocycles. The Hall–Kier alpha value is -3.42. The number of hydrogen-bond acceptors (Lipinski definition) is 4. The SMILES string of the molecule is CC(C)C[C@@H](C(=O)N[C@@H](Cc1ccccc1)C(=O)Nc1ccc2ccccc2c1)[C@@H](Cl)C(=O)NO. The van der Waals surface area contributed by atoms with Gasteiger partial charge in [0, 0.05) is 12.1 Å². The van der Waals surface area contributed by atoms with Gasteiger partial charge in [0.05, 0.1) is 5.92 Å². The van der Waals surface area contributed by atoms with Gasteiger partial charge in [0.2, 0.25) is 11.8 Å². The first-order chi connectivity index (χ1) is 16.8. The Morgan fingerprint density at radius 1 is 0.857 bits per heavy atom. The second-order valence-corrected chi connectivity index (χ2v) is 9.39. The van der Waals surface area contributed by atoms with E-state index in [0.717, 1.165) is 16.3 Å². The molecule has 0 unspecified atom stereocenters. The van der Waals surface area contributed by atoms with E-state index in [2.05, 4.69) is 10.6 Å². The normalized spacial score (nSPS) is 13.6. The largest absolute Gasteiger partial charge is 0.344 e. The average molecular weight is 496 g/mol. The Labute approximate surface area is 209 Å². The van der Waals surface area contributed by atoms with E-state index >= 15 is 0 Å². The van der Waals surface area contributed by atoms with E-state index in [4.69, 9.17) is 16.8 Å². The van der Waals surface area contributed by atoms with Crippen molar-refractivity contribution in [2.75, 3.05) is 5.32 Å². The van der Waals surface area contributed by atoms with E-state index in [1.807, 2.05) is 86.6 Å². The molecule has 0 spiro atoms. The van der Waals surface area contributed by atoms with Crippen LogP contribution in [0.25, 0.3) is 10.8 Å². The summed E-state index contributed by atoms with van der Waals surface area (Å²) in [7, 11) is 0. The van der Waals surface area contributed by atoms with E-state index in [0.29, 0.717) is 12.1 Å². The molecule has 0 bridgehead atoms. The molecule has 0 radical (unpaired) electrons. The van der Waals surface area contributed by atoms with Gasteiger partial charge < -0.3 is 10.6 Å². The van der Waals surface area contributed by atoms with Gasteiger partial charge in [-0.1, -0.05) is 74.5 Å². The molecule has 0 aliphatic carbocycles. The van der Waals surface area contributed by atoms with Gasteiger partial charge in [-0.25, -0.2) is 5.48 Å². The number of amides is 3. The Balaban J connectivity index is 1.83. The number of fused-ring (bicyclic) bond motifs is 1. The number of nitrogens with one attached hydrogen (secondary N) is 3. The molecule has 3 rings (SSSR count). The number of hydrogen-bond donors (Lipinski definition) is 4. The molecule has 0 aliphatic rings. The maximum Gasteiger partial charge on any atom is 0.262 e. The summed E-state index contributed by atoms with van der Waals surface area (Å²) in [5.41, 5.74) is 2.98. The average Bonchev–Trinajstić information content (AvgIpc) is 2.86. The number of carbonyl (C=O) groups excluding carboxylic acids is 3. The van der Waals surface area contributed by atoms with E-state index in [1.165, 1.54) is 5.48 Å². The number of halogens is 1. The molecule has 0 aliphatic heterocycles. The van der Waals surface area contributed by atoms with Crippen molar-refractivity contribution in [3.63, 3.8) is 0 Å². The van der Waals surface area contributed by atoms with Crippen LogP contribution in [0.5, 0.6) is 0 Å². The van der Waals surface area contributed by atoms with E-state index in [9.17, 15) is 14.4 Å². The van der Waals surface area contributed by atoms with Gasteiger partial charge in [-0.3, -0.25) is 19.6 Å². The van der Waals surface area contributed by atoms with Crippen molar-refractivity contribution in [3.05, 3.63) is 78.4 Å². The summed E-state index contributed by atoms with van der Waals surface area (Å²) in [6, 6.07) is 21.8. The molecule has 0 fully saturated rings. The minimum Gasteiger partial charge on any atom is -0.344 e. The smallest absolute Gasteiger partial charge is 0.262 e. The summed E-state index contributed by atoms with van der Waals surface area (Å²) in [6.45, 7) is 3.79. The summed E-state index contributed by atoms with van der Waals surface area (Å²) in [6.07, 6.45) is 0.553. The maximum atomic E-state index is 13.3. The van der Waals surface area contributed by atoms with Crippen LogP contribution < -0.4 is 16.1 Å². The van der Waals surface area contributed by atoms with Gasteiger partial charge in [-0.15, -0.1) is 11.6 Å². The predicted molar refractivity (Wildman–Crippen MR) is 137 cm³/mol. The first-order valence-electron chi connectivity index (χ1n) is 11.5. The standard InChI is InChI=1S/C27H30ClN3O4/c1-17(2)14-22(24(28)27(34)31-35)25(32)30-23(15-18-8-4-3-5-9-18)26(33)29-21-13-12-19-10-6-7-11-20(19)16-21/h3-13,16-17,22-24,35H,14-15H2,1-2H3,(H,29,33)(H,30,32)(H,31,34)/t22-,23+,24-/m1/s1. The molecule has 0 saturated heterocycles. The fourth-order valence-electron chi connectivity index (χ4n) is 3.95. The Morgan fingerprint density at radius 3 is 2.17 bits per heavy atom. The third-order valence-corrected chi connectivity index (χ3v) is 6.21. The molecule has 3 aromatic carbocycles. The fourth-order valence-corrected chi connectivity index (χ4v) is 4.21. The molecule has 3 atom stereocenters. The van der Waals surface area contributed by atoms with Crippen LogP contribution in [0.1, 0.15) is 25.8 Å². The molecule has 3 amide bonds. The number of carbonyl (C=O) groups is 3. The number of benzene rings is 3. The molecular formula is C27H30ClN3O4. The first kappa shape index (κ1) is 26.2. The van der Waals surface area contributed by atoms with Crippen molar-refractivity contribution < 1.29 is 19.6 Å². The molecule has 0 saturated carbocycles. The zero-order valence-electron chi connectivity index (χ0n) is 19.7. The zero-order chi connectivity index (χ0) is 25.4. The summed E-state index contributed by atoms with van der Waals surface area (Å²) in [4.78, 5) is 38.5. The molecule has 8 heteroatoms. The van der Waals surface area contributed by atoms with Crippen molar-refractivity contribution >= 4 is 45.8 Å². The maximum absolute atomic E-state index is 13.3. The van der Waals surface area contributed by atoms with Crippen LogP contribution in [-0.4, -0.2) is 34.3 Å². The van der Waals surface area contributed by atoms with Crippen molar-refractivity contribution in [1.29, 1.82) is 0 Å². The van der Waals surface area contributed by atoms with Gasteiger partial charge in [-0.05, 0) is 40.8 Å². The summed E-state index contributed by atoms with van der Waals surface area (Å²) in [5, 5.41) is 15.4. The highest BCUT2D eigenvalue weighted by atomic mass is 35.5. The Morgan fingerprint density at radius 2 is 1.51 bits per heavy atom. The third kappa shape index (κ3) is 7.28. The van der Waals surface area contributed by atoms with Gasteiger partial charge in [0.15, 0.2) is 0 Å². The van der Waals surface area contributed by atoms with Gasteiger partial charge in [-0.2, -0.15) is 0 Å². The molecule has 184 valence electrons. The van der Waals surface area contributed by atoms with Gasteiger partial charge >= 0.3 is 0 Å². The summed E-state index contributed by atoms with van der Waals surface area (Å²) < 4.78 is 0. The molecule has 4 N–H and O–H groups in total. The minimum absolute atomic E-state index is 0.0532. The molecule has 3 aromatic rings. The number of alkyl halides is 1. The number of anilines is 1. The lowest BCUT2D eigenvalue weighted by Gasteiger charge is -2.25. The highest BCUT2D eigenvalue weighted by molar-refractivity contribution is 6.32. The number of hydroxylamine groups is 1. The van der Waals surface area contributed by atoms with Crippen LogP contribution in [-0.2, 0) is 20.8 Å². The Bertz CT molecular complexity index is 1170. The minimum atomic E-state index is -1.29. The van der Waals surface area contributed by atoms with Gasteiger partial charge in [0.1, 0.15) is 11.4 Å². The highest BCUT2D eigenvalue weighted by Crippen LogP contribution is 2.22. The molecule has 0 heterocycles. The van der Waals surface area contributed by atoms with Crippen molar-refractivity contribution in [1.82, 2.24) is 10.8 Å². The summed E-state index contributed by atoms with van der Waals surface area (Å²) >= 11 is 6.21. The van der Waals surface area contributed by atoms with Gasteiger partial charge in [0.25, 0.3) is 5.91 Å². The Kier molecular flexibility index (Phi) is 9.23.